The molecule has 0 rings (SSSR count). The number of carbonyl (C=O) groups excluding carboxylic acids is 1. The second-order valence-electron chi connectivity index (χ2n) is 3.05. The van der Waals surface area contributed by atoms with Crippen LogP contribution in [0.3, 0.4) is 0 Å². The van der Waals surface area contributed by atoms with Gasteiger partial charge in [0.25, 0.3) is 0 Å². The zero-order valence-electron chi connectivity index (χ0n) is 11.1. The Balaban J connectivity index is -0.0000000835. The Bertz CT molecular complexity index is 298. The molecular formula is C12H17O6Zr-. The van der Waals surface area contributed by atoms with Crippen LogP contribution < -0.4 is 0 Å². The first kappa shape index (κ1) is 26.2. The van der Waals surface area contributed by atoms with E-state index in [0.717, 1.165) is 0 Å². The Morgan fingerprint density at radius 3 is 1.00 bits per heavy atom. The summed E-state index contributed by atoms with van der Waals surface area (Å²) in [5, 5.41) is 15.8. The van der Waals surface area contributed by atoms with Crippen LogP contribution in [0.15, 0.2) is 36.5 Å². The van der Waals surface area contributed by atoms with Crippen molar-refractivity contribution in [3.63, 3.8) is 0 Å². The first-order chi connectivity index (χ1) is 8.56. The Labute approximate surface area is 127 Å². The maximum atomic E-state index is 9.60. The number of aliphatic carboxylic acids is 2. The SMILES string of the molecule is C=C(C)C(=O)O.C=C(C)C(=O)O.C=C(C)[C-]=O.[O]=[Zr]. The van der Waals surface area contributed by atoms with E-state index in [-0.39, 0.29) is 11.1 Å². The Kier molecular flexibility index (Phi) is 26.0. The third-order valence-corrected chi connectivity index (χ3v) is 0.904. The number of hydrogen-bond donors (Lipinski definition) is 2. The van der Waals surface area contributed by atoms with E-state index in [0.29, 0.717) is 30.3 Å². The molecular weight excluding hydrogens is 331 g/mol. The monoisotopic (exact) mass is 347 g/mol. The Morgan fingerprint density at radius 1 is 0.895 bits per heavy atom. The van der Waals surface area contributed by atoms with Crippen LogP contribution in [0.2, 0.25) is 0 Å². The molecule has 0 fully saturated rings. The van der Waals surface area contributed by atoms with Crippen molar-refractivity contribution in [3.8, 4) is 0 Å². The molecule has 0 radical (unpaired) electrons. The third kappa shape index (κ3) is 48.0. The molecule has 0 spiro atoms. The molecule has 106 valence electrons. The molecule has 0 aromatic rings. The van der Waals surface area contributed by atoms with Crippen molar-refractivity contribution < 1.29 is 52.1 Å². The first-order valence-corrected chi connectivity index (χ1v) is 5.58. The Hall–Kier alpha value is -1.49. The molecule has 0 aliphatic carbocycles. The van der Waals surface area contributed by atoms with E-state index in [9.17, 15) is 14.4 Å². The van der Waals surface area contributed by atoms with Gasteiger partial charge < -0.3 is 15.0 Å². The van der Waals surface area contributed by atoms with Gasteiger partial charge in [-0.15, -0.1) is 0 Å². The molecule has 0 aromatic heterocycles. The molecule has 7 heteroatoms. The van der Waals surface area contributed by atoms with Crippen molar-refractivity contribution in [3.05, 3.63) is 36.5 Å². The number of carboxylic acids is 2. The molecule has 0 unspecified atom stereocenters. The summed E-state index contributed by atoms with van der Waals surface area (Å²) in [6, 6.07) is 0. The summed E-state index contributed by atoms with van der Waals surface area (Å²) < 4.78 is 8.34. The molecule has 0 heterocycles. The van der Waals surface area contributed by atoms with Crippen LogP contribution in [-0.4, -0.2) is 28.4 Å². The predicted molar refractivity (Wildman–Crippen MR) is 66.1 cm³/mol. The fourth-order valence-electron chi connectivity index (χ4n) is 0. The van der Waals surface area contributed by atoms with Crippen molar-refractivity contribution >= 4 is 18.2 Å². The molecule has 0 atom stereocenters. The van der Waals surface area contributed by atoms with Crippen molar-refractivity contribution in [1.29, 1.82) is 0 Å². The maximum absolute atomic E-state index is 9.60. The van der Waals surface area contributed by atoms with E-state index in [4.69, 9.17) is 13.0 Å². The van der Waals surface area contributed by atoms with E-state index < -0.39 is 11.9 Å². The van der Waals surface area contributed by atoms with Crippen molar-refractivity contribution in [2.75, 3.05) is 0 Å². The standard InChI is InChI=1S/2C4H6O2.C4H5O.O.Zr/c2*1-3(2)4(5)6;1-4(2)3-5;;/h2*1H2,2H3,(H,5,6);1H2,2H3;;/q;;-1;;. The third-order valence-electron chi connectivity index (χ3n) is 0.904. The van der Waals surface area contributed by atoms with Gasteiger partial charge in [0.05, 0.1) is 0 Å². The second kappa shape index (κ2) is 18.9. The van der Waals surface area contributed by atoms with Crippen LogP contribution in [0.1, 0.15) is 20.8 Å². The van der Waals surface area contributed by atoms with Crippen LogP contribution in [0, 0.1) is 0 Å². The summed E-state index contributed by atoms with van der Waals surface area (Å²) in [5.41, 5.74) is 0.801. The fourth-order valence-corrected chi connectivity index (χ4v) is 0. The quantitative estimate of drug-likeness (QED) is 0.595. The number of allylic oxidation sites excluding steroid dienone is 1. The van der Waals surface area contributed by atoms with Gasteiger partial charge in [-0.1, -0.05) is 20.1 Å². The van der Waals surface area contributed by atoms with Gasteiger partial charge in [-0.3, -0.25) is 0 Å². The number of carboxylic acid groups (broad SMARTS) is 2. The van der Waals surface area contributed by atoms with Crippen molar-refractivity contribution in [2.45, 2.75) is 20.8 Å². The molecule has 0 aliphatic rings. The van der Waals surface area contributed by atoms with Gasteiger partial charge in [-0.2, -0.15) is 5.57 Å². The fraction of sp³-hybridized carbons (Fsp3) is 0.250. The van der Waals surface area contributed by atoms with E-state index >= 15 is 0 Å². The van der Waals surface area contributed by atoms with E-state index in [1.54, 1.807) is 13.2 Å². The number of carbonyl (C=O) groups is 2. The molecule has 0 amide bonds. The minimum absolute atomic E-state index is 0.176. The van der Waals surface area contributed by atoms with Crippen LogP contribution >= 0.6 is 0 Å². The van der Waals surface area contributed by atoms with Gasteiger partial charge in [-0.05, 0) is 20.1 Å². The molecule has 0 bridgehead atoms. The van der Waals surface area contributed by atoms with Crippen molar-refractivity contribution in [2.24, 2.45) is 0 Å². The molecule has 2 N–H and O–H groups in total. The summed E-state index contributed by atoms with van der Waals surface area (Å²) in [6.45, 7) is 14.1. The van der Waals surface area contributed by atoms with Gasteiger partial charge in [0, 0.05) is 11.1 Å². The summed E-state index contributed by atoms with van der Waals surface area (Å²) in [5.74, 6) is -1.87. The van der Waals surface area contributed by atoms with E-state index in [1.165, 1.54) is 13.8 Å². The van der Waals surface area contributed by atoms with Gasteiger partial charge in [0.15, 0.2) is 0 Å². The van der Waals surface area contributed by atoms with Gasteiger partial charge >= 0.3 is 39.5 Å². The summed E-state index contributed by atoms with van der Waals surface area (Å²) in [6.07, 6.45) is 1.58. The second-order valence-corrected chi connectivity index (χ2v) is 3.05. The summed E-state index contributed by atoms with van der Waals surface area (Å²) in [7, 11) is 0. The van der Waals surface area contributed by atoms with Crippen LogP contribution in [0.4, 0.5) is 0 Å². The van der Waals surface area contributed by atoms with Gasteiger partial charge in [-0.25, -0.2) is 16.2 Å². The predicted octanol–water partition coefficient (Wildman–Crippen LogP) is 1.85. The topological polar surface area (TPSA) is 109 Å². The van der Waals surface area contributed by atoms with E-state index in [2.05, 4.69) is 19.7 Å². The molecule has 0 saturated carbocycles. The molecule has 0 saturated heterocycles. The van der Waals surface area contributed by atoms with Gasteiger partial charge in [0.1, 0.15) is 0 Å². The summed E-state index contributed by atoms with van der Waals surface area (Å²) in [4.78, 5) is 28.5. The molecule has 0 aromatic carbocycles. The first-order valence-electron chi connectivity index (χ1n) is 4.57. The normalized spacial score (nSPS) is 6.63. The molecule has 19 heavy (non-hydrogen) atoms. The number of hydrogen-bond acceptors (Lipinski definition) is 4. The average Bonchev–Trinajstić information content (AvgIpc) is 2.32. The zero-order chi connectivity index (χ0) is 16.6. The molecule has 6 nitrogen and oxygen atoms in total. The minimum atomic E-state index is -0.935. The van der Waals surface area contributed by atoms with Crippen LogP contribution in [0.5, 0.6) is 0 Å². The zero-order valence-corrected chi connectivity index (χ0v) is 13.6. The van der Waals surface area contributed by atoms with Crippen molar-refractivity contribution in [1.82, 2.24) is 0 Å². The van der Waals surface area contributed by atoms with E-state index in [1.807, 2.05) is 0 Å². The van der Waals surface area contributed by atoms with Gasteiger partial charge in [0.2, 0.25) is 0 Å². The molecule has 0 aliphatic heterocycles. The number of rotatable bonds is 3. The Morgan fingerprint density at radius 2 is 1.00 bits per heavy atom. The van der Waals surface area contributed by atoms with Crippen LogP contribution in [-0.2, 0) is 41.9 Å². The summed E-state index contributed by atoms with van der Waals surface area (Å²) >= 11 is 0.300. The average molecular weight is 348 g/mol. The van der Waals surface area contributed by atoms with Crippen LogP contribution in [0.25, 0.3) is 0 Å².